The van der Waals surface area contributed by atoms with Crippen LogP contribution in [0, 0.1) is 5.92 Å². The number of aliphatic imine (C=N–C) groups is 1. The Morgan fingerprint density at radius 2 is 1.95 bits per heavy atom. The third-order valence-electron chi connectivity index (χ3n) is 7.18. The van der Waals surface area contributed by atoms with Crippen LogP contribution in [0.4, 0.5) is 0 Å². The summed E-state index contributed by atoms with van der Waals surface area (Å²) < 4.78 is 13.0. The van der Waals surface area contributed by atoms with Gasteiger partial charge in [-0.1, -0.05) is 33.6 Å². The maximum Gasteiger partial charge on any atom is 0.165 e. The summed E-state index contributed by atoms with van der Waals surface area (Å²) in [7, 11) is 3.53. The van der Waals surface area contributed by atoms with Gasteiger partial charge in [0.15, 0.2) is 11.4 Å². The maximum atomic E-state index is 11.0. The monoisotopic (exact) mass is 592 g/mol. The minimum absolute atomic E-state index is 0.0105. The van der Waals surface area contributed by atoms with E-state index in [1.54, 1.807) is 30.1 Å². The topological polar surface area (TPSA) is 98.3 Å². The van der Waals surface area contributed by atoms with Crippen molar-refractivity contribution in [2.75, 3.05) is 14.2 Å². The second kappa shape index (κ2) is 17.6. The molecule has 1 aromatic carbocycles. The van der Waals surface area contributed by atoms with E-state index in [0.717, 1.165) is 49.2 Å². The van der Waals surface area contributed by atoms with Crippen molar-refractivity contribution in [3.05, 3.63) is 59.6 Å². The zero-order chi connectivity index (χ0) is 32.0. The van der Waals surface area contributed by atoms with Gasteiger partial charge in [0.25, 0.3) is 0 Å². The van der Waals surface area contributed by atoms with Gasteiger partial charge in [0.2, 0.25) is 0 Å². The molecule has 0 bridgehead atoms. The zero-order valence-electron chi connectivity index (χ0n) is 27.7. The van der Waals surface area contributed by atoms with Crippen molar-refractivity contribution in [1.82, 2.24) is 14.6 Å². The number of aliphatic hydroxyl groups is 1. The Bertz CT molecular complexity index is 1350. The molecule has 1 saturated carbocycles. The van der Waals surface area contributed by atoms with Crippen molar-refractivity contribution >= 4 is 23.2 Å². The van der Waals surface area contributed by atoms with E-state index in [0.29, 0.717) is 23.2 Å². The van der Waals surface area contributed by atoms with Gasteiger partial charge < -0.3 is 14.6 Å². The lowest BCUT2D eigenvalue weighted by Crippen LogP contribution is -2.21. The summed E-state index contributed by atoms with van der Waals surface area (Å²) >= 11 is 0. The molecule has 1 atom stereocenters. The van der Waals surface area contributed by atoms with Crippen molar-refractivity contribution in [3.63, 3.8) is 0 Å². The third kappa shape index (κ3) is 12.3. The molecule has 1 aliphatic rings. The van der Waals surface area contributed by atoms with Crippen LogP contribution in [0.15, 0.2) is 53.4 Å². The number of ketones is 1. The zero-order valence-corrected chi connectivity index (χ0v) is 27.7. The molecular formula is C35H52N4O4. The number of hydrogen-bond donors (Lipinski definition) is 1. The third-order valence-corrected chi connectivity index (χ3v) is 7.18. The normalized spacial score (nSPS) is 14.3. The number of hydrogen-bond acceptors (Lipinski definition) is 7. The van der Waals surface area contributed by atoms with E-state index in [9.17, 15) is 9.90 Å². The predicted molar refractivity (Wildman–Crippen MR) is 177 cm³/mol. The van der Waals surface area contributed by atoms with Gasteiger partial charge in [0.05, 0.1) is 30.6 Å². The first-order valence-electron chi connectivity index (χ1n) is 15.4. The minimum Gasteiger partial charge on any atom is -0.497 e. The largest absolute Gasteiger partial charge is 0.497 e. The fourth-order valence-electron chi connectivity index (χ4n) is 4.51. The Morgan fingerprint density at radius 1 is 1.23 bits per heavy atom. The molecule has 2 heterocycles. The van der Waals surface area contributed by atoms with Gasteiger partial charge in [-0.3, -0.25) is 9.79 Å². The Kier molecular flexibility index (Phi) is 14.6. The van der Waals surface area contributed by atoms with Crippen LogP contribution in [-0.4, -0.2) is 57.6 Å². The molecule has 43 heavy (non-hydrogen) atoms. The summed E-state index contributed by atoms with van der Waals surface area (Å²) in [5.41, 5.74) is 4.33. The van der Waals surface area contributed by atoms with E-state index in [4.69, 9.17) is 9.47 Å². The molecule has 0 aliphatic heterocycles. The van der Waals surface area contributed by atoms with Crippen LogP contribution in [0.25, 0.3) is 11.2 Å². The number of benzene rings is 1. The number of Topliss-reactive ketones (excluding diaryl/α,β-unsaturated/α-hetero) is 1. The number of nitrogens with zero attached hydrogens (tertiary/aromatic N) is 4. The van der Waals surface area contributed by atoms with Crippen molar-refractivity contribution in [2.24, 2.45) is 10.9 Å². The van der Waals surface area contributed by atoms with Gasteiger partial charge in [-0.25, -0.2) is 9.50 Å². The van der Waals surface area contributed by atoms with Crippen LogP contribution in [0.2, 0.25) is 0 Å². The molecule has 0 spiro atoms. The number of allylic oxidation sites excluding steroid dienone is 2. The molecule has 0 amide bonds. The lowest BCUT2D eigenvalue weighted by Gasteiger charge is -2.20. The highest BCUT2D eigenvalue weighted by atomic mass is 16.5. The van der Waals surface area contributed by atoms with Crippen molar-refractivity contribution in [1.29, 1.82) is 0 Å². The average molecular weight is 593 g/mol. The molecule has 8 nitrogen and oxygen atoms in total. The molecule has 1 N–H and O–H groups in total. The Hall–Kier alpha value is -3.52. The Labute approximate surface area is 258 Å². The van der Waals surface area contributed by atoms with E-state index in [1.165, 1.54) is 37.1 Å². The highest BCUT2D eigenvalue weighted by molar-refractivity contribution is 5.99. The molecule has 0 radical (unpaired) electrons. The number of carbonyl (C=O) groups excluding carboxylic acids is 1. The SMILES string of the molecule is CC(=O)c1cnn2cccnc12.CCC(C)CC(C)(C)O.CCCC/C(C=NC)=C(/C)c1cc(OC)ccc1OC1CC1. The lowest BCUT2D eigenvalue weighted by molar-refractivity contribution is 0.0547. The van der Waals surface area contributed by atoms with Crippen LogP contribution < -0.4 is 9.47 Å². The first kappa shape index (κ1) is 35.7. The first-order valence-corrected chi connectivity index (χ1v) is 15.4. The summed E-state index contributed by atoms with van der Waals surface area (Å²) in [6.45, 7) is 13.9. The average Bonchev–Trinajstić information content (AvgIpc) is 3.69. The molecule has 236 valence electrons. The molecule has 3 aromatic rings. The fourth-order valence-corrected chi connectivity index (χ4v) is 4.51. The summed E-state index contributed by atoms with van der Waals surface area (Å²) in [6, 6.07) is 7.83. The smallest absolute Gasteiger partial charge is 0.165 e. The summed E-state index contributed by atoms with van der Waals surface area (Å²) in [6.07, 6.45) is 15.1. The Balaban J connectivity index is 0.000000257. The lowest BCUT2D eigenvalue weighted by atomic mass is 9.93. The van der Waals surface area contributed by atoms with Gasteiger partial charge in [0, 0.05) is 31.2 Å². The molecule has 1 unspecified atom stereocenters. The van der Waals surface area contributed by atoms with Crippen molar-refractivity contribution < 1.29 is 19.4 Å². The van der Waals surface area contributed by atoms with E-state index in [1.807, 2.05) is 39.2 Å². The number of rotatable bonds is 12. The van der Waals surface area contributed by atoms with Crippen LogP contribution in [-0.2, 0) is 0 Å². The van der Waals surface area contributed by atoms with Crippen molar-refractivity contribution in [2.45, 2.75) is 105 Å². The van der Waals surface area contributed by atoms with Gasteiger partial charge in [-0.2, -0.15) is 5.10 Å². The van der Waals surface area contributed by atoms with Crippen LogP contribution in [0.5, 0.6) is 11.5 Å². The van der Waals surface area contributed by atoms with Gasteiger partial charge in [0.1, 0.15) is 11.5 Å². The van der Waals surface area contributed by atoms with Crippen LogP contribution >= 0.6 is 0 Å². The number of methoxy groups -OCH3 is 1. The summed E-state index contributed by atoms with van der Waals surface area (Å²) in [5.74, 6) is 2.45. The molecule has 0 saturated heterocycles. The summed E-state index contributed by atoms with van der Waals surface area (Å²) in [4.78, 5) is 19.3. The molecule has 8 heteroatoms. The fraction of sp³-hybridized carbons (Fsp3) is 0.543. The van der Waals surface area contributed by atoms with E-state index < -0.39 is 5.60 Å². The quantitative estimate of drug-likeness (QED) is 0.169. The molecular weight excluding hydrogens is 540 g/mol. The van der Waals surface area contributed by atoms with Crippen LogP contribution in [0.1, 0.15) is 109 Å². The number of aromatic nitrogens is 3. The standard InChI is InChI=1S/C19H27NO2.C8H7N3O.C8H18O/c1-5-6-7-15(13-20-3)14(2)18-12-17(21-4)10-11-19(18)22-16-8-9-16;1-6(12)7-5-10-11-4-2-3-9-8(7)11;1-5-7(2)6-8(3,4)9/h10-13,16H,5-9H2,1-4H3;2-5H,1H3;7,9H,5-6H2,1-4H3/b15-14+,20-13?;;. The maximum absolute atomic E-state index is 11.0. The van der Waals surface area contributed by atoms with Gasteiger partial charge >= 0.3 is 0 Å². The molecule has 2 aromatic heterocycles. The van der Waals surface area contributed by atoms with Gasteiger partial charge in [-0.05, 0) is 101 Å². The minimum atomic E-state index is -0.477. The Morgan fingerprint density at radius 3 is 2.49 bits per heavy atom. The molecule has 4 rings (SSSR count). The second-order valence-electron chi connectivity index (χ2n) is 11.9. The van der Waals surface area contributed by atoms with E-state index in [-0.39, 0.29) is 5.78 Å². The van der Waals surface area contributed by atoms with Crippen molar-refractivity contribution in [3.8, 4) is 11.5 Å². The molecule has 1 aliphatic carbocycles. The number of unbranched alkanes of at least 4 members (excludes halogenated alkanes) is 1. The highest BCUT2D eigenvalue weighted by Crippen LogP contribution is 2.36. The number of fused-ring (bicyclic) bond motifs is 1. The van der Waals surface area contributed by atoms with E-state index >= 15 is 0 Å². The summed E-state index contributed by atoms with van der Waals surface area (Å²) in [5, 5.41) is 13.3. The molecule has 1 fully saturated rings. The highest BCUT2D eigenvalue weighted by Gasteiger charge is 2.25. The first-order chi connectivity index (χ1) is 20.4. The predicted octanol–water partition coefficient (Wildman–Crippen LogP) is 8.03. The number of carbonyl (C=O) groups is 1. The van der Waals surface area contributed by atoms with E-state index in [2.05, 4.69) is 48.8 Å². The second-order valence-corrected chi connectivity index (χ2v) is 11.9. The van der Waals surface area contributed by atoms with Gasteiger partial charge in [-0.15, -0.1) is 0 Å². The van der Waals surface area contributed by atoms with Crippen LogP contribution in [0.3, 0.4) is 0 Å². The number of ether oxygens (including phenoxy) is 2.